The van der Waals surface area contributed by atoms with Gasteiger partial charge in [-0.05, 0) is 18.4 Å². The summed E-state index contributed by atoms with van der Waals surface area (Å²) >= 11 is 0. The van der Waals surface area contributed by atoms with Crippen LogP contribution in [0.3, 0.4) is 0 Å². The van der Waals surface area contributed by atoms with Crippen molar-refractivity contribution in [3.63, 3.8) is 0 Å². The molecule has 3 aliphatic rings. The molecule has 3 saturated heterocycles. The predicted molar refractivity (Wildman–Crippen MR) is 149 cm³/mol. The molecule has 1 aromatic carbocycles. The van der Waals surface area contributed by atoms with Crippen LogP contribution in [0.4, 0.5) is 0 Å². The number of hydrogen-bond donors (Lipinski definition) is 8. The summed E-state index contributed by atoms with van der Waals surface area (Å²) in [4.78, 5) is 94.4. The van der Waals surface area contributed by atoms with Gasteiger partial charge in [0.05, 0.1) is 19.4 Å². The fraction of sp³-hybridized carbons (Fsp3) is 0.462. The summed E-state index contributed by atoms with van der Waals surface area (Å²) in [5.74, 6) is -6.15. The van der Waals surface area contributed by atoms with Gasteiger partial charge < -0.3 is 48.1 Å². The van der Waals surface area contributed by atoms with Crippen molar-refractivity contribution in [2.45, 2.75) is 56.4 Å². The number of nitrogens with one attached hydrogen (secondary N) is 5. The number of rotatable bonds is 7. The minimum Gasteiger partial charge on any atom is -0.480 e. The Hall–Kier alpha value is -5.22. The van der Waals surface area contributed by atoms with Crippen LogP contribution >= 0.6 is 0 Å². The van der Waals surface area contributed by atoms with E-state index < -0.39 is 85.0 Å². The van der Waals surface area contributed by atoms with Gasteiger partial charge in [0.25, 0.3) is 0 Å². The molecule has 0 spiro atoms. The van der Waals surface area contributed by atoms with E-state index in [-0.39, 0.29) is 38.4 Å². The van der Waals surface area contributed by atoms with Gasteiger partial charge in [-0.2, -0.15) is 0 Å². The normalized spacial score (nSPS) is 24.0. The first kappa shape index (κ1) is 32.3. The zero-order chi connectivity index (χ0) is 31.5. The van der Waals surface area contributed by atoms with Crippen molar-refractivity contribution in [3.8, 4) is 0 Å². The average molecular weight is 602 g/mol. The third kappa shape index (κ3) is 9.68. The second-order valence-electron chi connectivity index (χ2n) is 9.99. The summed E-state index contributed by atoms with van der Waals surface area (Å²) in [6, 6.07) is 3.44. The number of nitrogens with zero attached hydrogens (tertiary/aromatic N) is 2. The van der Waals surface area contributed by atoms with E-state index in [4.69, 9.17) is 11.5 Å². The summed E-state index contributed by atoms with van der Waals surface area (Å²) in [6.45, 7) is -0.765. The number of piperazine rings is 1. The third-order valence-corrected chi connectivity index (χ3v) is 6.70. The number of aliphatic imine (C=N–C) groups is 1. The molecular formula is C26H35N9O8. The number of nitrogens with two attached hydrogens (primary N) is 2. The van der Waals surface area contributed by atoms with Crippen LogP contribution in [0.5, 0.6) is 0 Å². The number of carbonyl (C=O) groups is 7. The van der Waals surface area contributed by atoms with Gasteiger partial charge in [-0.25, -0.2) is 4.79 Å². The van der Waals surface area contributed by atoms with Crippen LogP contribution in [0.1, 0.15) is 31.2 Å². The average Bonchev–Trinajstić information content (AvgIpc) is 2.95. The fourth-order valence-corrected chi connectivity index (χ4v) is 4.55. The molecule has 10 N–H and O–H groups in total. The lowest BCUT2D eigenvalue weighted by atomic mass is 10.0. The molecule has 3 fully saturated rings. The SMILES string of the molecule is NC(N)=NCCC[C@@H]1NC(=O)CNC(=O)C[C@@H](C(=O)O)NC(=O)C[C@@H]2NC(=O)[C@@H](CNC1=O)N(Cc1ccccc1)C2=O. The van der Waals surface area contributed by atoms with Gasteiger partial charge in [-0.1, -0.05) is 30.3 Å². The zero-order valence-electron chi connectivity index (χ0n) is 23.2. The first-order valence-electron chi connectivity index (χ1n) is 13.5. The van der Waals surface area contributed by atoms with Crippen LogP contribution in [-0.4, -0.2) is 101 Å². The Kier molecular flexibility index (Phi) is 11.4. The van der Waals surface area contributed by atoms with Crippen molar-refractivity contribution in [2.75, 3.05) is 19.6 Å². The first-order valence-corrected chi connectivity index (χ1v) is 13.5. The Morgan fingerprint density at radius 1 is 0.907 bits per heavy atom. The molecule has 3 aliphatic heterocycles. The van der Waals surface area contributed by atoms with Crippen LogP contribution in [0.25, 0.3) is 0 Å². The molecule has 0 aromatic heterocycles. The van der Waals surface area contributed by atoms with Gasteiger partial charge in [-0.15, -0.1) is 0 Å². The number of carboxylic acids is 1. The summed E-state index contributed by atoms with van der Waals surface area (Å²) in [5.41, 5.74) is 11.3. The topological polar surface area (TPSA) is 268 Å². The molecule has 1 aromatic rings. The molecule has 0 saturated carbocycles. The molecule has 0 unspecified atom stereocenters. The Morgan fingerprint density at radius 3 is 2.30 bits per heavy atom. The Balaban J connectivity index is 1.90. The Morgan fingerprint density at radius 2 is 1.63 bits per heavy atom. The number of hydrogen-bond acceptors (Lipinski definition) is 8. The monoisotopic (exact) mass is 601 g/mol. The molecule has 0 aliphatic carbocycles. The second kappa shape index (κ2) is 15.1. The van der Waals surface area contributed by atoms with Crippen molar-refractivity contribution in [1.82, 2.24) is 31.5 Å². The largest absolute Gasteiger partial charge is 0.480 e. The molecule has 6 amide bonds. The van der Waals surface area contributed by atoms with E-state index in [1.807, 2.05) is 0 Å². The smallest absolute Gasteiger partial charge is 0.326 e. The maximum absolute atomic E-state index is 13.5. The predicted octanol–water partition coefficient (Wildman–Crippen LogP) is -3.98. The van der Waals surface area contributed by atoms with Crippen LogP contribution < -0.4 is 38.1 Å². The highest BCUT2D eigenvalue weighted by Gasteiger charge is 2.42. The van der Waals surface area contributed by atoms with Gasteiger partial charge in [0.1, 0.15) is 24.2 Å². The van der Waals surface area contributed by atoms with E-state index in [0.29, 0.717) is 5.56 Å². The highest BCUT2D eigenvalue weighted by Crippen LogP contribution is 2.17. The minimum absolute atomic E-state index is 0.0254. The standard InChI is InChI=1S/C26H35N9O8/c27-26(28)29-8-4-7-15-22(39)31-11-18-23(40)34-16(24(41)35(18)13-14-5-2-1-3-6-14)9-20(37)33-17(25(42)43)10-19(36)30-12-21(38)32-15/h1-3,5-6,15-18H,4,7-13H2,(H,30,36)(H,31,39)(H,32,38)(H,33,37)(H,34,40)(H,42,43)(H4,27,28,29)/t15-,16-,17-,18+/m0/s1. The van der Waals surface area contributed by atoms with E-state index in [9.17, 15) is 38.7 Å². The molecule has 232 valence electrons. The van der Waals surface area contributed by atoms with Crippen molar-refractivity contribution < 1.29 is 38.7 Å². The van der Waals surface area contributed by atoms with Crippen molar-refractivity contribution in [1.29, 1.82) is 0 Å². The Bertz CT molecular complexity index is 1270. The lowest BCUT2D eigenvalue weighted by Crippen LogP contribution is -2.66. The van der Waals surface area contributed by atoms with Crippen LogP contribution in [0.2, 0.25) is 0 Å². The molecule has 3 heterocycles. The number of guanidine groups is 1. The molecule has 43 heavy (non-hydrogen) atoms. The van der Waals surface area contributed by atoms with Crippen LogP contribution in [-0.2, 0) is 40.1 Å². The first-order chi connectivity index (χ1) is 20.4. The van der Waals surface area contributed by atoms with Gasteiger partial charge in [-0.3, -0.25) is 33.8 Å². The highest BCUT2D eigenvalue weighted by molar-refractivity contribution is 6.00. The summed E-state index contributed by atoms with van der Waals surface area (Å²) in [7, 11) is 0. The molecule has 4 atom stereocenters. The van der Waals surface area contributed by atoms with Crippen molar-refractivity contribution in [2.24, 2.45) is 16.5 Å². The molecule has 0 radical (unpaired) electrons. The van der Waals surface area contributed by atoms with Crippen molar-refractivity contribution >= 4 is 47.4 Å². The van der Waals surface area contributed by atoms with Crippen molar-refractivity contribution in [3.05, 3.63) is 35.9 Å². The third-order valence-electron chi connectivity index (χ3n) is 6.70. The fourth-order valence-electron chi connectivity index (χ4n) is 4.55. The number of carbonyl (C=O) groups excluding carboxylic acids is 6. The van der Waals surface area contributed by atoms with Crippen LogP contribution in [0.15, 0.2) is 35.3 Å². The van der Waals surface area contributed by atoms with Gasteiger partial charge in [0.2, 0.25) is 35.4 Å². The van der Waals surface area contributed by atoms with E-state index in [1.165, 1.54) is 4.90 Å². The number of aliphatic carboxylic acids is 1. The number of fused-ring (bicyclic) bond motifs is 15. The molecule has 17 heteroatoms. The van der Waals surface area contributed by atoms with Gasteiger partial charge >= 0.3 is 5.97 Å². The quantitative estimate of drug-likeness (QED) is 0.0650. The summed E-state index contributed by atoms with van der Waals surface area (Å²) < 4.78 is 0. The lowest BCUT2D eigenvalue weighted by Gasteiger charge is -2.39. The second-order valence-corrected chi connectivity index (χ2v) is 9.99. The maximum atomic E-state index is 13.5. The number of amides is 6. The molecule has 4 rings (SSSR count). The maximum Gasteiger partial charge on any atom is 0.326 e. The van der Waals surface area contributed by atoms with Gasteiger partial charge in [0, 0.05) is 19.6 Å². The van der Waals surface area contributed by atoms with E-state index >= 15 is 0 Å². The summed E-state index contributed by atoms with van der Waals surface area (Å²) in [5, 5.41) is 21.5. The van der Waals surface area contributed by atoms with E-state index in [1.54, 1.807) is 30.3 Å². The minimum atomic E-state index is -1.67. The molecular weight excluding hydrogens is 566 g/mol. The molecule has 17 nitrogen and oxygen atoms in total. The number of benzene rings is 1. The van der Waals surface area contributed by atoms with E-state index in [0.717, 1.165) is 0 Å². The Labute approximate surface area is 246 Å². The summed E-state index contributed by atoms with van der Waals surface area (Å²) in [6.07, 6.45) is -0.946. The van der Waals surface area contributed by atoms with E-state index in [2.05, 4.69) is 31.6 Å². The van der Waals surface area contributed by atoms with Gasteiger partial charge in [0.15, 0.2) is 5.96 Å². The highest BCUT2D eigenvalue weighted by atomic mass is 16.4. The molecule has 2 bridgehead atoms. The van der Waals surface area contributed by atoms with Crippen LogP contribution in [0, 0.1) is 0 Å². The number of carboxylic acid groups (broad SMARTS) is 1. The lowest BCUT2D eigenvalue weighted by molar-refractivity contribution is -0.151. The zero-order valence-corrected chi connectivity index (χ0v) is 23.2.